The third-order valence-corrected chi connectivity index (χ3v) is 5.27. The molecule has 0 aromatic heterocycles. The number of aryl methyl sites for hydroxylation is 2. The number of para-hydroxylation sites is 1. The molecule has 0 aliphatic carbocycles. The molecule has 5 nitrogen and oxygen atoms in total. The molecule has 0 spiro atoms. The van der Waals surface area contributed by atoms with Gasteiger partial charge >= 0.3 is 0 Å². The molecule has 140 valence electrons. The standard InChI is InChI=1S/C22H24N2O3/c1-14-4-2-6-17-19(10-11-27-22(14)17)24-20(25)7-3-5-15-8-9-18-16(12-15)13-21(26)23-18/h2,4,6,8-9,12,19H,3,5,7,10-11,13H2,1H3,(H,23,26)(H,24,25)/t19-/m1/s1. The van der Waals surface area contributed by atoms with E-state index in [9.17, 15) is 9.59 Å². The predicted octanol–water partition coefficient (Wildman–Crippen LogP) is 3.45. The molecule has 1 atom stereocenters. The quantitative estimate of drug-likeness (QED) is 0.854. The van der Waals surface area contributed by atoms with Gasteiger partial charge in [0.25, 0.3) is 0 Å². The van der Waals surface area contributed by atoms with Crippen LogP contribution in [0.15, 0.2) is 36.4 Å². The fourth-order valence-electron chi connectivity index (χ4n) is 3.89. The number of fused-ring (bicyclic) bond motifs is 2. The van der Waals surface area contributed by atoms with Crippen molar-refractivity contribution in [2.45, 2.75) is 45.1 Å². The van der Waals surface area contributed by atoms with Gasteiger partial charge in [-0.25, -0.2) is 0 Å². The van der Waals surface area contributed by atoms with Crippen molar-refractivity contribution in [2.24, 2.45) is 0 Å². The second kappa shape index (κ2) is 7.43. The van der Waals surface area contributed by atoms with E-state index in [1.807, 2.05) is 37.3 Å². The second-order valence-corrected chi connectivity index (χ2v) is 7.32. The van der Waals surface area contributed by atoms with Crippen molar-refractivity contribution in [1.82, 2.24) is 5.32 Å². The molecule has 2 heterocycles. The van der Waals surface area contributed by atoms with Crippen LogP contribution in [-0.2, 0) is 22.4 Å². The van der Waals surface area contributed by atoms with Gasteiger partial charge in [-0.2, -0.15) is 0 Å². The summed E-state index contributed by atoms with van der Waals surface area (Å²) in [5.74, 6) is 1.04. The van der Waals surface area contributed by atoms with Crippen LogP contribution in [0.3, 0.4) is 0 Å². The number of amides is 2. The topological polar surface area (TPSA) is 67.4 Å². The van der Waals surface area contributed by atoms with E-state index in [4.69, 9.17) is 4.74 Å². The molecule has 0 fully saturated rings. The lowest BCUT2D eigenvalue weighted by Crippen LogP contribution is -2.32. The first-order valence-electron chi connectivity index (χ1n) is 9.53. The normalized spacial score (nSPS) is 17.5. The molecule has 2 N–H and O–H groups in total. The van der Waals surface area contributed by atoms with E-state index < -0.39 is 0 Å². The average molecular weight is 364 g/mol. The van der Waals surface area contributed by atoms with E-state index in [1.54, 1.807) is 0 Å². The Balaban J connectivity index is 1.31. The van der Waals surface area contributed by atoms with Gasteiger partial charge in [0, 0.05) is 24.1 Å². The molecular weight excluding hydrogens is 340 g/mol. The molecule has 4 rings (SSSR count). The number of carbonyl (C=O) groups excluding carboxylic acids is 2. The number of anilines is 1. The highest BCUT2D eigenvalue weighted by molar-refractivity contribution is 5.99. The van der Waals surface area contributed by atoms with Crippen molar-refractivity contribution in [3.63, 3.8) is 0 Å². The minimum absolute atomic E-state index is 0.0261. The van der Waals surface area contributed by atoms with Gasteiger partial charge in [0.2, 0.25) is 11.8 Å². The second-order valence-electron chi connectivity index (χ2n) is 7.32. The first-order chi connectivity index (χ1) is 13.1. The lowest BCUT2D eigenvalue weighted by Gasteiger charge is -2.27. The summed E-state index contributed by atoms with van der Waals surface area (Å²) in [6.45, 7) is 2.66. The number of nitrogens with one attached hydrogen (secondary N) is 2. The van der Waals surface area contributed by atoms with E-state index in [1.165, 1.54) is 5.56 Å². The van der Waals surface area contributed by atoms with Gasteiger partial charge in [0.15, 0.2) is 0 Å². The molecule has 0 saturated carbocycles. The summed E-state index contributed by atoms with van der Waals surface area (Å²) in [6.07, 6.45) is 3.36. The smallest absolute Gasteiger partial charge is 0.228 e. The minimum atomic E-state index is 0.0261. The van der Waals surface area contributed by atoms with Crippen LogP contribution in [0.25, 0.3) is 0 Å². The Kier molecular flexibility index (Phi) is 4.84. The van der Waals surface area contributed by atoms with E-state index in [-0.39, 0.29) is 17.9 Å². The Morgan fingerprint density at radius 3 is 3.07 bits per heavy atom. The van der Waals surface area contributed by atoms with Gasteiger partial charge in [-0.05, 0) is 42.5 Å². The fourth-order valence-corrected chi connectivity index (χ4v) is 3.89. The van der Waals surface area contributed by atoms with Gasteiger partial charge < -0.3 is 15.4 Å². The van der Waals surface area contributed by atoms with Crippen LogP contribution in [-0.4, -0.2) is 18.4 Å². The number of hydrogen-bond acceptors (Lipinski definition) is 3. The minimum Gasteiger partial charge on any atom is -0.493 e. The van der Waals surface area contributed by atoms with Crippen LogP contribution < -0.4 is 15.4 Å². The van der Waals surface area contributed by atoms with Gasteiger partial charge in [-0.3, -0.25) is 9.59 Å². The van der Waals surface area contributed by atoms with Crippen LogP contribution >= 0.6 is 0 Å². The van der Waals surface area contributed by atoms with Crippen LogP contribution in [0, 0.1) is 6.92 Å². The van der Waals surface area contributed by atoms with Crippen LogP contribution in [0.5, 0.6) is 5.75 Å². The number of benzene rings is 2. The lowest BCUT2D eigenvalue weighted by molar-refractivity contribution is -0.122. The lowest BCUT2D eigenvalue weighted by atomic mass is 9.97. The highest BCUT2D eigenvalue weighted by atomic mass is 16.5. The maximum absolute atomic E-state index is 12.4. The SMILES string of the molecule is Cc1cccc2c1OCC[C@H]2NC(=O)CCCc1ccc2c(c1)CC(=O)N2. The molecule has 0 bridgehead atoms. The first kappa shape index (κ1) is 17.6. The Morgan fingerprint density at radius 2 is 2.19 bits per heavy atom. The predicted molar refractivity (Wildman–Crippen MR) is 104 cm³/mol. The Hall–Kier alpha value is -2.82. The summed E-state index contributed by atoms with van der Waals surface area (Å²) in [5, 5.41) is 6.01. The van der Waals surface area contributed by atoms with Crippen molar-refractivity contribution in [2.75, 3.05) is 11.9 Å². The number of carbonyl (C=O) groups is 2. The zero-order valence-corrected chi connectivity index (χ0v) is 15.5. The fraction of sp³-hybridized carbons (Fsp3) is 0.364. The molecule has 0 radical (unpaired) electrons. The van der Waals surface area contributed by atoms with Crippen molar-refractivity contribution in [3.05, 3.63) is 58.7 Å². The van der Waals surface area contributed by atoms with E-state index in [2.05, 4.69) is 16.7 Å². The Labute approximate surface area is 159 Å². The van der Waals surface area contributed by atoms with Gasteiger partial charge in [-0.15, -0.1) is 0 Å². The van der Waals surface area contributed by atoms with Crippen LogP contribution in [0.1, 0.15) is 47.6 Å². The molecule has 2 aromatic carbocycles. The summed E-state index contributed by atoms with van der Waals surface area (Å²) in [6, 6.07) is 12.2. The van der Waals surface area contributed by atoms with Crippen LogP contribution in [0.2, 0.25) is 0 Å². The average Bonchev–Trinajstić information content (AvgIpc) is 3.02. The molecule has 2 amide bonds. The van der Waals surface area contributed by atoms with E-state index in [0.717, 1.165) is 47.4 Å². The highest BCUT2D eigenvalue weighted by Gasteiger charge is 2.24. The monoisotopic (exact) mass is 364 g/mol. The molecular formula is C22H24N2O3. The summed E-state index contributed by atoms with van der Waals surface area (Å²) in [7, 11) is 0. The van der Waals surface area contributed by atoms with Crippen molar-refractivity contribution < 1.29 is 14.3 Å². The third-order valence-electron chi connectivity index (χ3n) is 5.27. The zero-order chi connectivity index (χ0) is 18.8. The van der Waals surface area contributed by atoms with Crippen LogP contribution in [0.4, 0.5) is 5.69 Å². The summed E-state index contributed by atoms with van der Waals surface area (Å²) in [5.41, 5.74) is 5.32. The Bertz CT molecular complexity index is 891. The molecule has 2 aliphatic heterocycles. The Morgan fingerprint density at radius 1 is 1.30 bits per heavy atom. The summed E-state index contributed by atoms with van der Waals surface area (Å²) < 4.78 is 5.77. The zero-order valence-electron chi connectivity index (χ0n) is 15.5. The first-order valence-corrected chi connectivity index (χ1v) is 9.53. The number of rotatable bonds is 5. The van der Waals surface area contributed by atoms with Gasteiger partial charge in [0.05, 0.1) is 19.1 Å². The van der Waals surface area contributed by atoms with E-state index >= 15 is 0 Å². The van der Waals surface area contributed by atoms with Crippen molar-refractivity contribution in [3.8, 4) is 5.75 Å². The van der Waals surface area contributed by atoms with Crippen molar-refractivity contribution >= 4 is 17.5 Å². The van der Waals surface area contributed by atoms with Gasteiger partial charge in [0.1, 0.15) is 5.75 Å². The summed E-state index contributed by atoms with van der Waals surface area (Å²) >= 11 is 0. The molecule has 0 saturated heterocycles. The van der Waals surface area contributed by atoms with Crippen molar-refractivity contribution in [1.29, 1.82) is 0 Å². The molecule has 0 unspecified atom stereocenters. The van der Waals surface area contributed by atoms with E-state index in [0.29, 0.717) is 19.4 Å². The number of ether oxygens (including phenoxy) is 1. The molecule has 27 heavy (non-hydrogen) atoms. The molecule has 2 aliphatic rings. The molecule has 5 heteroatoms. The molecule has 2 aromatic rings. The largest absolute Gasteiger partial charge is 0.493 e. The maximum atomic E-state index is 12.4. The summed E-state index contributed by atoms with van der Waals surface area (Å²) in [4.78, 5) is 23.9. The third kappa shape index (κ3) is 3.82. The maximum Gasteiger partial charge on any atom is 0.228 e. The van der Waals surface area contributed by atoms with Gasteiger partial charge in [-0.1, -0.05) is 30.3 Å². The highest BCUT2D eigenvalue weighted by Crippen LogP contribution is 2.34. The number of hydrogen-bond donors (Lipinski definition) is 2.